The standard InChI is InChI=1S/C9H11N.C8H13NOS.C4H10.CH4/c1-8(2)10-9-6-4-3-5-7-9;1-3-5-7(11)6-8(10)9-4-2;1-3-4-2;/h3-7,10H,1H2,2H3;4,6,11H,3,5H2,1-2H3;3-4H2,1-2H3;1H4/b;7-6-,9-4?;;. The summed E-state index contributed by atoms with van der Waals surface area (Å²) in [5.74, 6) is -0.231. The molecule has 4 heteroatoms. The van der Waals surface area contributed by atoms with Gasteiger partial charge in [0.1, 0.15) is 0 Å². The summed E-state index contributed by atoms with van der Waals surface area (Å²) in [5.41, 5.74) is 2.06. The van der Waals surface area contributed by atoms with Gasteiger partial charge < -0.3 is 5.32 Å². The van der Waals surface area contributed by atoms with Crippen molar-refractivity contribution >= 4 is 30.4 Å². The number of nitrogens with one attached hydrogen (secondary N) is 1. The lowest BCUT2D eigenvalue weighted by atomic mass is 10.3. The Morgan fingerprint density at radius 2 is 1.69 bits per heavy atom. The quantitative estimate of drug-likeness (QED) is 0.310. The van der Waals surface area contributed by atoms with Gasteiger partial charge in [-0.25, -0.2) is 4.99 Å². The van der Waals surface area contributed by atoms with Crippen LogP contribution in [0.4, 0.5) is 5.69 Å². The van der Waals surface area contributed by atoms with Gasteiger partial charge in [0, 0.05) is 23.7 Å². The monoisotopic (exact) mass is 378 g/mol. The topological polar surface area (TPSA) is 41.5 Å². The number of aliphatic imine (C=N–C) groups is 1. The number of para-hydroxylation sites is 1. The lowest BCUT2D eigenvalue weighted by Gasteiger charge is -2.02. The lowest BCUT2D eigenvalue weighted by molar-refractivity contribution is -0.113. The van der Waals surface area contributed by atoms with Crippen LogP contribution in [0.3, 0.4) is 0 Å². The number of carbonyl (C=O) groups is 1. The molecule has 0 atom stereocenters. The smallest absolute Gasteiger partial charge is 0.270 e. The number of allylic oxidation sites excluding steroid dienone is 2. The van der Waals surface area contributed by atoms with Crippen LogP contribution in [-0.4, -0.2) is 12.1 Å². The first-order chi connectivity index (χ1) is 11.9. The summed E-state index contributed by atoms with van der Waals surface area (Å²) in [6.45, 7) is 13.8. The van der Waals surface area contributed by atoms with Crippen LogP contribution in [-0.2, 0) is 4.79 Å². The summed E-state index contributed by atoms with van der Waals surface area (Å²) in [6.07, 6.45) is 7.41. The van der Waals surface area contributed by atoms with Crippen LogP contribution in [0.25, 0.3) is 0 Å². The van der Waals surface area contributed by atoms with E-state index in [1.54, 1.807) is 6.92 Å². The predicted molar refractivity (Wildman–Crippen MR) is 123 cm³/mol. The zero-order valence-corrected chi connectivity index (χ0v) is 17.3. The maximum Gasteiger partial charge on any atom is 0.270 e. The third-order valence-electron chi connectivity index (χ3n) is 2.68. The molecule has 1 N–H and O–H groups in total. The second-order valence-corrected chi connectivity index (χ2v) is 5.96. The molecule has 1 rings (SSSR count). The second kappa shape index (κ2) is 21.2. The highest BCUT2D eigenvalue weighted by atomic mass is 32.1. The molecule has 0 radical (unpaired) electrons. The molecule has 0 saturated heterocycles. The van der Waals surface area contributed by atoms with Crippen molar-refractivity contribution < 1.29 is 4.79 Å². The Labute approximate surface area is 167 Å². The number of hydrogen-bond donors (Lipinski definition) is 2. The molecule has 0 aliphatic carbocycles. The third kappa shape index (κ3) is 22.2. The van der Waals surface area contributed by atoms with Crippen LogP contribution >= 0.6 is 12.6 Å². The van der Waals surface area contributed by atoms with Crippen LogP contribution in [0.1, 0.15) is 67.7 Å². The van der Waals surface area contributed by atoms with Gasteiger partial charge in [0.15, 0.2) is 0 Å². The van der Waals surface area contributed by atoms with Gasteiger partial charge in [-0.05, 0) is 37.3 Å². The summed E-state index contributed by atoms with van der Waals surface area (Å²) in [4.78, 5) is 15.2. The van der Waals surface area contributed by atoms with E-state index in [9.17, 15) is 4.79 Å². The minimum absolute atomic E-state index is 0. The van der Waals surface area contributed by atoms with Gasteiger partial charge in [-0.2, -0.15) is 0 Å². The molecule has 0 saturated carbocycles. The van der Waals surface area contributed by atoms with Crippen molar-refractivity contribution in [3.05, 3.63) is 53.6 Å². The van der Waals surface area contributed by atoms with Gasteiger partial charge in [0.25, 0.3) is 5.91 Å². The second-order valence-electron chi connectivity index (χ2n) is 5.38. The number of hydrogen-bond acceptors (Lipinski definition) is 3. The van der Waals surface area contributed by atoms with E-state index in [1.807, 2.05) is 44.2 Å². The molecule has 1 aromatic rings. The van der Waals surface area contributed by atoms with E-state index in [2.05, 4.69) is 43.4 Å². The third-order valence-corrected chi connectivity index (χ3v) is 3.04. The molecule has 0 bridgehead atoms. The Morgan fingerprint density at radius 3 is 2.08 bits per heavy atom. The molecule has 0 heterocycles. The van der Waals surface area contributed by atoms with E-state index < -0.39 is 0 Å². The molecule has 26 heavy (non-hydrogen) atoms. The summed E-state index contributed by atoms with van der Waals surface area (Å²) in [5, 5.41) is 3.11. The van der Waals surface area contributed by atoms with Crippen molar-refractivity contribution in [3.63, 3.8) is 0 Å². The Balaban J connectivity index is -0.000000328. The summed E-state index contributed by atoms with van der Waals surface area (Å²) < 4.78 is 0. The van der Waals surface area contributed by atoms with E-state index in [4.69, 9.17) is 0 Å². The van der Waals surface area contributed by atoms with Gasteiger partial charge >= 0.3 is 0 Å². The average Bonchev–Trinajstić information content (AvgIpc) is 2.56. The number of benzene rings is 1. The van der Waals surface area contributed by atoms with Crippen LogP contribution in [0.2, 0.25) is 0 Å². The lowest BCUT2D eigenvalue weighted by Crippen LogP contribution is -1.91. The number of thiol groups is 1. The molecule has 0 fully saturated rings. The minimum atomic E-state index is -0.231. The van der Waals surface area contributed by atoms with E-state index in [0.29, 0.717) is 0 Å². The van der Waals surface area contributed by atoms with E-state index >= 15 is 0 Å². The van der Waals surface area contributed by atoms with Crippen LogP contribution in [0.15, 0.2) is 58.6 Å². The summed E-state index contributed by atoms with van der Waals surface area (Å²) in [6, 6.07) is 9.99. The first-order valence-corrected chi connectivity index (χ1v) is 9.25. The van der Waals surface area contributed by atoms with Gasteiger partial charge in [-0.1, -0.05) is 72.2 Å². The van der Waals surface area contributed by atoms with Gasteiger partial charge in [0.2, 0.25) is 0 Å². The number of carbonyl (C=O) groups excluding carboxylic acids is 1. The van der Waals surface area contributed by atoms with Crippen molar-refractivity contribution in [2.45, 2.75) is 67.7 Å². The predicted octanol–water partition coefficient (Wildman–Crippen LogP) is 7.29. The molecule has 0 unspecified atom stereocenters. The van der Waals surface area contributed by atoms with Crippen molar-refractivity contribution in [2.24, 2.45) is 4.99 Å². The summed E-state index contributed by atoms with van der Waals surface area (Å²) >= 11 is 4.11. The number of anilines is 1. The molecule has 1 aromatic carbocycles. The van der Waals surface area contributed by atoms with Crippen molar-refractivity contribution in [1.29, 1.82) is 0 Å². The van der Waals surface area contributed by atoms with E-state index in [1.165, 1.54) is 25.1 Å². The van der Waals surface area contributed by atoms with Gasteiger partial charge in [-0.15, -0.1) is 12.6 Å². The molecule has 3 nitrogen and oxygen atoms in total. The first kappa shape index (κ1) is 29.0. The zero-order valence-electron chi connectivity index (χ0n) is 16.4. The van der Waals surface area contributed by atoms with E-state index in [-0.39, 0.29) is 13.3 Å². The Morgan fingerprint density at radius 1 is 1.15 bits per heavy atom. The molecule has 0 aliphatic heterocycles. The number of amides is 1. The fourth-order valence-electron chi connectivity index (χ4n) is 1.40. The highest BCUT2D eigenvalue weighted by Crippen LogP contribution is 2.08. The maximum absolute atomic E-state index is 10.8. The van der Waals surface area contributed by atoms with Crippen LogP contribution < -0.4 is 5.32 Å². The number of nitrogens with zero attached hydrogens (tertiary/aromatic N) is 1. The molecule has 148 valence electrons. The zero-order chi connectivity index (χ0) is 19.5. The maximum atomic E-state index is 10.8. The van der Waals surface area contributed by atoms with Crippen molar-refractivity contribution in [1.82, 2.24) is 0 Å². The van der Waals surface area contributed by atoms with E-state index in [0.717, 1.165) is 29.1 Å². The highest BCUT2D eigenvalue weighted by Gasteiger charge is 1.93. The van der Waals surface area contributed by atoms with Crippen molar-refractivity contribution in [2.75, 3.05) is 5.32 Å². The fraction of sp³-hybridized carbons (Fsp3) is 0.455. The molecule has 0 aliphatic rings. The Kier molecular flexibility index (Phi) is 23.7. The fourth-order valence-corrected chi connectivity index (χ4v) is 1.74. The first-order valence-electron chi connectivity index (χ1n) is 8.80. The van der Waals surface area contributed by atoms with Gasteiger partial charge in [0.05, 0.1) is 0 Å². The SMILES string of the molecule is C.C=C(C)Nc1ccccc1.CC=NC(=O)/C=C(\S)CCC.CCCC. The average molecular weight is 379 g/mol. The minimum Gasteiger partial charge on any atom is -0.360 e. The normalized spacial score (nSPS) is 9.85. The molecule has 0 spiro atoms. The van der Waals surface area contributed by atoms with Gasteiger partial charge in [-0.3, -0.25) is 4.79 Å². The Bertz CT molecular complexity index is 520. The molecule has 0 aromatic heterocycles. The summed E-state index contributed by atoms with van der Waals surface area (Å²) in [7, 11) is 0. The van der Waals surface area contributed by atoms with Crippen LogP contribution in [0, 0.1) is 0 Å². The number of unbranched alkanes of at least 4 members (excludes halogenated alkanes) is 1. The number of rotatable bonds is 6. The largest absolute Gasteiger partial charge is 0.360 e. The highest BCUT2D eigenvalue weighted by molar-refractivity contribution is 7.84. The molecule has 1 amide bonds. The van der Waals surface area contributed by atoms with Crippen molar-refractivity contribution in [3.8, 4) is 0 Å². The Hall–Kier alpha value is -1.81. The molecular weight excluding hydrogens is 340 g/mol. The molecular formula is C22H38N2OS. The van der Waals surface area contributed by atoms with Crippen LogP contribution in [0.5, 0.6) is 0 Å².